The van der Waals surface area contributed by atoms with Gasteiger partial charge in [-0.1, -0.05) is 23.2 Å². The minimum absolute atomic E-state index is 0.410. The molecule has 1 rings (SSSR count). The molecule has 0 aromatic rings. The Hall–Kier alpha value is 0.730. The van der Waals surface area contributed by atoms with Crippen LogP contribution in [-0.2, 0) is 13.6 Å². The zero-order chi connectivity index (χ0) is 7.61. The van der Waals surface area contributed by atoms with Crippen LogP contribution in [0, 0.1) is 0 Å². The monoisotopic (exact) mass is 204 g/mol. The Morgan fingerprint density at radius 3 is 2.10 bits per heavy atom. The molecule has 0 aliphatic carbocycles. The lowest BCUT2D eigenvalue weighted by atomic mass is 10.5. The van der Waals surface area contributed by atoms with Gasteiger partial charge < -0.3 is 9.05 Å². The van der Waals surface area contributed by atoms with Gasteiger partial charge in [0.05, 0.1) is 13.2 Å². The average molecular weight is 205 g/mol. The Labute approximate surface area is 69.1 Å². The Kier molecular flexibility index (Phi) is 3.02. The molecule has 60 valence electrons. The van der Waals surface area contributed by atoms with E-state index in [0.29, 0.717) is 13.2 Å². The van der Waals surface area contributed by atoms with E-state index in [0.717, 1.165) is 6.42 Å². The van der Waals surface area contributed by atoms with Gasteiger partial charge in [0, 0.05) is 0 Å². The largest absolute Gasteiger partial charge is 0.363 e. The SMILES string of the molecule is O=P1(C(Cl)Cl)OCCCO1. The number of halogens is 2. The molecule has 10 heavy (non-hydrogen) atoms. The standard InChI is InChI=1S/C4H7Cl2O3P/c5-4(6)10(7)8-2-1-3-9-10/h4H,1-3H2. The van der Waals surface area contributed by atoms with Gasteiger partial charge in [-0.25, -0.2) is 0 Å². The molecule has 0 unspecified atom stereocenters. The van der Waals surface area contributed by atoms with Gasteiger partial charge in [-0.3, -0.25) is 4.57 Å². The molecule has 1 aliphatic heterocycles. The maximum Gasteiger partial charge on any atom is 0.363 e. The van der Waals surface area contributed by atoms with E-state index in [9.17, 15) is 4.57 Å². The van der Waals surface area contributed by atoms with Crippen molar-refractivity contribution in [3.05, 3.63) is 0 Å². The second kappa shape index (κ2) is 3.42. The molecular weight excluding hydrogens is 198 g/mol. The predicted molar refractivity (Wildman–Crippen MR) is 39.6 cm³/mol. The van der Waals surface area contributed by atoms with Crippen LogP contribution in [0.1, 0.15) is 6.42 Å². The van der Waals surface area contributed by atoms with Crippen LogP contribution in [0.25, 0.3) is 0 Å². The molecule has 0 saturated carbocycles. The smallest absolute Gasteiger partial charge is 0.307 e. The minimum Gasteiger partial charge on any atom is -0.307 e. The lowest BCUT2D eigenvalue weighted by Gasteiger charge is -2.23. The van der Waals surface area contributed by atoms with Gasteiger partial charge in [0.15, 0.2) is 0 Å². The molecule has 1 aliphatic rings. The van der Waals surface area contributed by atoms with E-state index in [2.05, 4.69) is 0 Å². The Bertz CT molecular complexity index is 151. The molecular formula is C4H7Cl2O3P. The highest BCUT2D eigenvalue weighted by atomic mass is 35.5. The third-order valence-electron chi connectivity index (χ3n) is 1.07. The van der Waals surface area contributed by atoms with E-state index in [1.807, 2.05) is 0 Å². The summed E-state index contributed by atoms with van der Waals surface area (Å²) in [4.78, 5) is 0. The van der Waals surface area contributed by atoms with Crippen LogP contribution in [-0.4, -0.2) is 17.8 Å². The van der Waals surface area contributed by atoms with Gasteiger partial charge in [0.1, 0.15) is 0 Å². The van der Waals surface area contributed by atoms with Gasteiger partial charge in [0.25, 0.3) is 0 Å². The first kappa shape index (κ1) is 8.82. The first-order chi connectivity index (χ1) is 4.65. The average Bonchev–Trinajstić information content (AvgIpc) is 1.89. The number of hydrogen-bond donors (Lipinski definition) is 0. The third-order valence-corrected chi connectivity index (χ3v) is 4.07. The van der Waals surface area contributed by atoms with Crippen LogP contribution in [0.3, 0.4) is 0 Å². The normalized spacial score (nSPS) is 25.1. The molecule has 1 saturated heterocycles. The van der Waals surface area contributed by atoms with Crippen molar-refractivity contribution in [1.82, 2.24) is 0 Å². The summed E-state index contributed by atoms with van der Waals surface area (Å²) in [6.07, 6.45) is 0.741. The van der Waals surface area contributed by atoms with Crippen LogP contribution >= 0.6 is 30.8 Å². The van der Waals surface area contributed by atoms with E-state index < -0.39 is 12.2 Å². The zero-order valence-electron chi connectivity index (χ0n) is 5.13. The van der Waals surface area contributed by atoms with Gasteiger partial charge in [0.2, 0.25) is 4.58 Å². The molecule has 6 heteroatoms. The third kappa shape index (κ3) is 1.86. The van der Waals surface area contributed by atoms with Crippen LogP contribution < -0.4 is 0 Å². The molecule has 1 heterocycles. The first-order valence-electron chi connectivity index (χ1n) is 2.82. The van der Waals surface area contributed by atoms with Gasteiger partial charge >= 0.3 is 7.60 Å². The maximum absolute atomic E-state index is 11.2. The highest BCUT2D eigenvalue weighted by Gasteiger charge is 2.35. The number of alkyl halides is 2. The van der Waals surface area contributed by atoms with Crippen molar-refractivity contribution < 1.29 is 13.6 Å². The van der Waals surface area contributed by atoms with Crippen molar-refractivity contribution >= 4 is 30.8 Å². The first-order valence-corrected chi connectivity index (χ1v) is 5.30. The van der Waals surface area contributed by atoms with Crippen LogP contribution in [0.4, 0.5) is 0 Å². The molecule has 0 N–H and O–H groups in total. The van der Waals surface area contributed by atoms with E-state index in [-0.39, 0.29) is 0 Å². The molecule has 1 fully saturated rings. The molecule has 0 aromatic carbocycles. The van der Waals surface area contributed by atoms with Crippen molar-refractivity contribution in [2.75, 3.05) is 13.2 Å². The number of hydrogen-bond acceptors (Lipinski definition) is 3. The summed E-state index contributed by atoms with van der Waals surface area (Å²) < 4.78 is 19.8. The van der Waals surface area contributed by atoms with Crippen LogP contribution in [0.5, 0.6) is 0 Å². The Balaban J connectivity index is 2.57. The second-order valence-corrected chi connectivity index (χ2v) is 5.65. The summed E-state index contributed by atoms with van der Waals surface area (Å²) in [5.74, 6) is 0. The summed E-state index contributed by atoms with van der Waals surface area (Å²) in [6, 6.07) is 0. The minimum atomic E-state index is -3.15. The van der Waals surface area contributed by atoms with Crippen molar-refractivity contribution in [3.8, 4) is 0 Å². The van der Waals surface area contributed by atoms with E-state index in [1.54, 1.807) is 0 Å². The summed E-state index contributed by atoms with van der Waals surface area (Å²) in [5.41, 5.74) is 0. The summed E-state index contributed by atoms with van der Waals surface area (Å²) in [6.45, 7) is 0.820. The fourth-order valence-corrected chi connectivity index (χ4v) is 2.34. The predicted octanol–water partition coefficient (Wildman–Crippen LogP) is 2.38. The van der Waals surface area contributed by atoms with Crippen molar-refractivity contribution in [3.63, 3.8) is 0 Å². The Morgan fingerprint density at radius 1 is 1.30 bits per heavy atom. The maximum atomic E-state index is 11.2. The molecule has 0 aromatic heterocycles. The van der Waals surface area contributed by atoms with Crippen LogP contribution in [0.15, 0.2) is 0 Å². The highest BCUT2D eigenvalue weighted by Crippen LogP contribution is 2.58. The molecule has 0 spiro atoms. The molecule has 0 radical (unpaired) electrons. The van der Waals surface area contributed by atoms with Crippen molar-refractivity contribution in [2.24, 2.45) is 0 Å². The second-order valence-electron chi connectivity index (χ2n) is 1.84. The van der Waals surface area contributed by atoms with Crippen molar-refractivity contribution in [1.29, 1.82) is 0 Å². The lowest BCUT2D eigenvalue weighted by Crippen LogP contribution is -2.11. The quantitative estimate of drug-likeness (QED) is 0.486. The Morgan fingerprint density at radius 2 is 1.80 bits per heavy atom. The van der Waals surface area contributed by atoms with Crippen molar-refractivity contribution in [2.45, 2.75) is 11.0 Å². The van der Waals surface area contributed by atoms with Crippen LogP contribution in [0.2, 0.25) is 0 Å². The van der Waals surface area contributed by atoms with Gasteiger partial charge in [-0.05, 0) is 6.42 Å². The van der Waals surface area contributed by atoms with Gasteiger partial charge in [-0.15, -0.1) is 0 Å². The highest BCUT2D eigenvalue weighted by molar-refractivity contribution is 7.58. The summed E-state index contributed by atoms with van der Waals surface area (Å²) >= 11 is 10.7. The zero-order valence-corrected chi connectivity index (χ0v) is 7.53. The fourth-order valence-electron chi connectivity index (χ4n) is 0.592. The van der Waals surface area contributed by atoms with E-state index in [4.69, 9.17) is 32.2 Å². The fraction of sp³-hybridized carbons (Fsp3) is 1.00. The molecule has 0 bridgehead atoms. The van der Waals surface area contributed by atoms with E-state index in [1.165, 1.54) is 0 Å². The molecule has 3 nitrogen and oxygen atoms in total. The van der Waals surface area contributed by atoms with Gasteiger partial charge in [-0.2, -0.15) is 0 Å². The number of rotatable bonds is 1. The lowest BCUT2D eigenvalue weighted by molar-refractivity contribution is 0.147. The summed E-state index contributed by atoms with van der Waals surface area (Å²) in [5, 5.41) is 0. The molecule has 0 amide bonds. The van der Waals surface area contributed by atoms with E-state index >= 15 is 0 Å². The topological polar surface area (TPSA) is 35.5 Å². The molecule has 0 atom stereocenters. The summed E-state index contributed by atoms with van der Waals surface area (Å²) in [7, 11) is -3.15.